The van der Waals surface area contributed by atoms with Crippen LogP contribution in [0.2, 0.25) is 0 Å². The molecule has 2 N–H and O–H groups in total. The van der Waals surface area contributed by atoms with Crippen molar-refractivity contribution in [3.05, 3.63) is 33.8 Å². The Balaban J connectivity index is 2.26. The highest BCUT2D eigenvalue weighted by Gasteiger charge is 2.27. The summed E-state index contributed by atoms with van der Waals surface area (Å²) in [5.41, 5.74) is 5.96. The highest BCUT2D eigenvalue weighted by molar-refractivity contribution is 9.10. The number of ether oxygens (including phenoxy) is 1. The van der Waals surface area contributed by atoms with E-state index in [1.165, 1.54) is 12.1 Å². The van der Waals surface area contributed by atoms with Gasteiger partial charge in [0.2, 0.25) is 0 Å². The Bertz CT molecular complexity index is 384. The van der Waals surface area contributed by atoms with Crippen LogP contribution in [0.15, 0.2) is 16.6 Å². The summed E-state index contributed by atoms with van der Waals surface area (Å²) in [4.78, 5) is 0. The molecule has 94 valence electrons. The molecule has 1 unspecified atom stereocenters. The minimum Gasteiger partial charge on any atom is -0.381 e. The second-order valence-electron chi connectivity index (χ2n) is 4.26. The molecular weight excluding hydrogens is 292 g/mol. The minimum absolute atomic E-state index is 0.0138. The first kappa shape index (κ1) is 12.9. The van der Waals surface area contributed by atoms with Crippen LogP contribution in [0.4, 0.5) is 8.78 Å². The number of hydrogen-bond donors (Lipinski definition) is 1. The van der Waals surface area contributed by atoms with Crippen LogP contribution >= 0.6 is 15.9 Å². The third-order valence-corrected chi connectivity index (χ3v) is 3.61. The molecule has 1 atom stereocenters. The molecule has 0 spiro atoms. The van der Waals surface area contributed by atoms with Crippen molar-refractivity contribution < 1.29 is 13.5 Å². The van der Waals surface area contributed by atoms with Crippen LogP contribution in [-0.4, -0.2) is 13.2 Å². The summed E-state index contributed by atoms with van der Waals surface area (Å²) < 4.78 is 33.1. The summed E-state index contributed by atoms with van der Waals surface area (Å²) in [6, 6.07) is 1.89. The Morgan fingerprint density at radius 1 is 1.24 bits per heavy atom. The smallest absolute Gasteiger partial charge is 0.132 e. The molecular formula is C12H14BrF2NO. The molecule has 1 aromatic carbocycles. The predicted molar refractivity (Wildman–Crippen MR) is 64.5 cm³/mol. The van der Waals surface area contributed by atoms with Crippen molar-refractivity contribution in [2.75, 3.05) is 13.2 Å². The summed E-state index contributed by atoms with van der Waals surface area (Å²) in [7, 11) is 0. The van der Waals surface area contributed by atoms with Gasteiger partial charge in [-0.1, -0.05) is 15.9 Å². The average Bonchev–Trinajstić information content (AvgIpc) is 2.28. The van der Waals surface area contributed by atoms with E-state index < -0.39 is 17.7 Å². The van der Waals surface area contributed by atoms with Crippen LogP contribution in [0.3, 0.4) is 0 Å². The van der Waals surface area contributed by atoms with E-state index >= 15 is 0 Å². The third kappa shape index (κ3) is 2.84. The molecule has 5 heteroatoms. The maximum Gasteiger partial charge on any atom is 0.132 e. The third-order valence-electron chi connectivity index (χ3n) is 3.15. The first-order valence-corrected chi connectivity index (χ1v) is 6.36. The van der Waals surface area contributed by atoms with E-state index in [0.717, 1.165) is 12.8 Å². The van der Waals surface area contributed by atoms with E-state index in [0.29, 0.717) is 17.7 Å². The van der Waals surface area contributed by atoms with Gasteiger partial charge < -0.3 is 10.5 Å². The first-order valence-electron chi connectivity index (χ1n) is 5.57. The molecule has 0 amide bonds. The second kappa shape index (κ2) is 5.42. The van der Waals surface area contributed by atoms with Gasteiger partial charge in [0.05, 0.1) is 0 Å². The standard InChI is InChI=1S/C12H14BrF2NO/c13-8-5-9(14)11(10(15)6-8)12(16)7-1-3-17-4-2-7/h5-7,12H,1-4,16H2. The molecule has 1 aliphatic heterocycles. The fourth-order valence-corrected chi connectivity index (χ4v) is 2.58. The molecule has 0 radical (unpaired) electrons. The highest BCUT2D eigenvalue weighted by atomic mass is 79.9. The van der Waals surface area contributed by atoms with Crippen LogP contribution < -0.4 is 5.73 Å². The molecule has 2 rings (SSSR count). The van der Waals surface area contributed by atoms with Crippen molar-refractivity contribution in [2.45, 2.75) is 18.9 Å². The normalized spacial score (nSPS) is 19.3. The molecule has 0 aromatic heterocycles. The summed E-state index contributed by atoms with van der Waals surface area (Å²) in [6.07, 6.45) is 1.49. The zero-order valence-electron chi connectivity index (χ0n) is 9.26. The van der Waals surface area contributed by atoms with E-state index in [4.69, 9.17) is 10.5 Å². The van der Waals surface area contributed by atoms with Crippen molar-refractivity contribution in [1.82, 2.24) is 0 Å². The lowest BCUT2D eigenvalue weighted by atomic mass is 9.87. The Hall–Kier alpha value is -0.520. The molecule has 0 saturated carbocycles. The number of rotatable bonds is 2. The molecule has 1 saturated heterocycles. The quantitative estimate of drug-likeness (QED) is 0.911. The van der Waals surface area contributed by atoms with Crippen molar-refractivity contribution in [1.29, 1.82) is 0 Å². The van der Waals surface area contributed by atoms with Crippen LogP contribution in [0.5, 0.6) is 0 Å². The Morgan fingerprint density at radius 3 is 2.29 bits per heavy atom. The van der Waals surface area contributed by atoms with E-state index in [1.54, 1.807) is 0 Å². The molecule has 1 fully saturated rings. The van der Waals surface area contributed by atoms with Gasteiger partial charge in [-0.05, 0) is 30.9 Å². The predicted octanol–water partition coefficient (Wildman–Crippen LogP) is 3.15. The van der Waals surface area contributed by atoms with E-state index in [-0.39, 0.29) is 11.5 Å². The largest absolute Gasteiger partial charge is 0.381 e. The van der Waals surface area contributed by atoms with Crippen LogP contribution in [-0.2, 0) is 4.74 Å². The minimum atomic E-state index is -0.605. The Morgan fingerprint density at radius 2 is 1.76 bits per heavy atom. The lowest BCUT2D eigenvalue weighted by molar-refractivity contribution is 0.0576. The highest BCUT2D eigenvalue weighted by Crippen LogP contribution is 2.32. The summed E-state index contributed by atoms with van der Waals surface area (Å²) in [5, 5.41) is 0. The zero-order valence-corrected chi connectivity index (χ0v) is 10.8. The summed E-state index contributed by atoms with van der Waals surface area (Å²) in [6.45, 7) is 1.22. The molecule has 0 bridgehead atoms. The van der Waals surface area contributed by atoms with Gasteiger partial charge in [-0.25, -0.2) is 8.78 Å². The van der Waals surface area contributed by atoms with Gasteiger partial charge in [-0.15, -0.1) is 0 Å². The van der Waals surface area contributed by atoms with Gasteiger partial charge in [-0.2, -0.15) is 0 Å². The number of nitrogens with two attached hydrogens (primary N) is 1. The first-order chi connectivity index (χ1) is 8.09. The van der Waals surface area contributed by atoms with Gasteiger partial charge in [0.15, 0.2) is 0 Å². The Labute approximate surface area is 107 Å². The van der Waals surface area contributed by atoms with Gasteiger partial charge in [0, 0.05) is 29.3 Å². The van der Waals surface area contributed by atoms with Crippen molar-refractivity contribution in [2.24, 2.45) is 11.7 Å². The summed E-state index contributed by atoms with van der Waals surface area (Å²) >= 11 is 3.05. The lowest BCUT2D eigenvalue weighted by Gasteiger charge is -2.28. The van der Waals surface area contributed by atoms with Gasteiger partial charge in [0.1, 0.15) is 11.6 Å². The van der Waals surface area contributed by atoms with Crippen molar-refractivity contribution >= 4 is 15.9 Å². The number of benzene rings is 1. The molecule has 17 heavy (non-hydrogen) atoms. The van der Waals surface area contributed by atoms with Gasteiger partial charge >= 0.3 is 0 Å². The lowest BCUT2D eigenvalue weighted by Crippen LogP contribution is -2.29. The molecule has 1 heterocycles. The van der Waals surface area contributed by atoms with Crippen LogP contribution in [0, 0.1) is 17.6 Å². The zero-order chi connectivity index (χ0) is 12.4. The molecule has 2 nitrogen and oxygen atoms in total. The van der Waals surface area contributed by atoms with Crippen LogP contribution in [0.25, 0.3) is 0 Å². The van der Waals surface area contributed by atoms with E-state index in [2.05, 4.69) is 15.9 Å². The van der Waals surface area contributed by atoms with Crippen molar-refractivity contribution in [3.63, 3.8) is 0 Å². The fourth-order valence-electron chi connectivity index (χ4n) is 2.18. The van der Waals surface area contributed by atoms with Gasteiger partial charge in [0.25, 0.3) is 0 Å². The van der Waals surface area contributed by atoms with Crippen LogP contribution in [0.1, 0.15) is 24.4 Å². The Kier molecular flexibility index (Phi) is 4.12. The maximum atomic E-state index is 13.7. The van der Waals surface area contributed by atoms with E-state index in [1.807, 2.05) is 0 Å². The molecule has 1 aromatic rings. The molecule has 0 aliphatic carbocycles. The number of hydrogen-bond acceptors (Lipinski definition) is 2. The number of halogens is 3. The maximum absolute atomic E-state index is 13.7. The average molecular weight is 306 g/mol. The monoisotopic (exact) mass is 305 g/mol. The fraction of sp³-hybridized carbons (Fsp3) is 0.500. The summed E-state index contributed by atoms with van der Waals surface area (Å²) in [5.74, 6) is -1.10. The van der Waals surface area contributed by atoms with Gasteiger partial charge in [-0.3, -0.25) is 0 Å². The van der Waals surface area contributed by atoms with E-state index in [9.17, 15) is 8.78 Å². The molecule has 1 aliphatic rings. The topological polar surface area (TPSA) is 35.2 Å². The SMILES string of the molecule is NC(c1c(F)cc(Br)cc1F)C1CCOCC1. The van der Waals surface area contributed by atoms with Crippen molar-refractivity contribution in [3.8, 4) is 0 Å². The second-order valence-corrected chi connectivity index (χ2v) is 5.17.